The second-order valence-electron chi connectivity index (χ2n) is 4.50. The molecule has 0 aliphatic carbocycles. The van der Waals surface area contributed by atoms with Gasteiger partial charge in [0.25, 0.3) is 0 Å². The molecule has 0 unspecified atom stereocenters. The van der Waals surface area contributed by atoms with Gasteiger partial charge in [0.05, 0.1) is 13.2 Å². The van der Waals surface area contributed by atoms with Gasteiger partial charge in [-0.15, -0.1) is 0 Å². The number of hydrogen-bond donors (Lipinski definition) is 1. The van der Waals surface area contributed by atoms with E-state index in [1.807, 2.05) is 11.8 Å². The zero-order valence-corrected chi connectivity index (χ0v) is 10.1. The number of rotatable bonds is 5. The summed E-state index contributed by atoms with van der Waals surface area (Å²) in [7, 11) is 0. The van der Waals surface area contributed by atoms with E-state index in [1.165, 1.54) is 12.3 Å². The smallest absolute Gasteiger partial charge is 0.0594 e. The molecule has 1 aliphatic heterocycles. The molecule has 2 N–H and O–H groups in total. The SMILES string of the molecule is CC(C)(N)CSCCN1CCOCC1. The first-order valence-electron chi connectivity index (χ1n) is 5.25. The molecule has 3 nitrogen and oxygen atoms in total. The van der Waals surface area contributed by atoms with Gasteiger partial charge in [-0.25, -0.2) is 0 Å². The molecule has 1 rings (SSSR count). The van der Waals surface area contributed by atoms with Crippen LogP contribution >= 0.6 is 11.8 Å². The summed E-state index contributed by atoms with van der Waals surface area (Å²) in [6, 6.07) is 0. The molecule has 0 amide bonds. The Labute approximate surface area is 91.4 Å². The summed E-state index contributed by atoms with van der Waals surface area (Å²) in [5.74, 6) is 2.22. The average molecular weight is 218 g/mol. The van der Waals surface area contributed by atoms with Crippen molar-refractivity contribution in [3.8, 4) is 0 Å². The molecule has 0 spiro atoms. The Morgan fingerprint density at radius 3 is 2.57 bits per heavy atom. The van der Waals surface area contributed by atoms with Crippen molar-refractivity contribution in [2.24, 2.45) is 5.73 Å². The predicted octanol–water partition coefficient (Wildman–Crippen LogP) is 0.789. The van der Waals surface area contributed by atoms with E-state index in [1.54, 1.807) is 0 Å². The molecule has 0 saturated carbocycles. The summed E-state index contributed by atoms with van der Waals surface area (Å²) < 4.78 is 5.29. The summed E-state index contributed by atoms with van der Waals surface area (Å²) in [5.41, 5.74) is 5.87. The lowest BCUT2D eigenvalue weighted by atomic mass is 10.1. The van der Waals surface area contributed by atoms with Gasteiger partial charge in [0.15, 0.2) is 0 Å². The van der Waals surface area contributed by atoms with Gasteiger partial charge in [-0.2, -0.15) is 11.8 Å². The first-order valence-corrected chi connectivity index (χ1v) is 6.40. The Bertz CT molecular complexity index is 153. The molecule has 0 aromatic rings. The van der Waals surface area contributed by atoms with Crippen LogP contribution in [0.15, 0.2) is 0 Å². The van der Waals surface area contributed by atoms with Crippen molar-refractivity contribution < 1.29 is 4.74 Å². The molecule has 0 radical (unpaired) electrons. The monoisotopic (exact) mass is 218 g/mol. The van der Waals surface area contributed by atoms with Gasteiger partial charge in [-0.3, -0.25) is 4.90 Å². The number of morpholine rings is 1. The fraction of sp³-hybridized carbons (Fsp3) is 1.00. The molecule has 1 saturated heterocycles. The number of ether oxygens (including phenoxy) is 1. The lowest BCUT2D eigenvalue weighted by Gasteiger charge is -2.26. The van der Waals surface area contributed by atoms with E-state index in [2.05, 4.69) is 18.7 Å². The number of hydrogen-bond acceptors (Lipinski definition) is 4. The molecule has 0 atom stereocenters. The topological polar surface area (TPSA) is 38.5 Å². The van der Waals surface area contributed by atoms with Gasteiger partial charge >= 0.3 is 0 Å². The van der Waals surface area contributed by atoms with Crippen molar-refractivity contribution in [3.63, 3.8) is 0 Å². The molecule has 1 aliphatic rings. The highest BCUT2D eigenvalue weighted by molar-refractivity contribution is 7.99. The second-order valence-corrected chi connectivity index (χ2v) is 5.60. The Kier molecular flexibility index (Phi) is 5.23. The van der Waals surface area contributed by atoms with Crippen molar-refractivity contribution in [1.29, 1.82) is 0 Å². The summed E-state index contributed by atoms with van der Waals surface area (Å²) in [5, 5.41) is 0. The van der Waals surface area contributed by atoms with E-state index in [-0.39, 0.29) is 5.54 Å². The maximum absolute atomic E-state index is 5.90. The summed E-state index contributed by atoms with van der Waals surface area (Å²) in [6.07, 6.45) is 0. The van der Waals surface area contributed by atoms with Gasteiger partial charge in [0, 0.05) is 36.7 Å². The quantitative estimate of drug-likeness (QED) is 0.693. The minimum atomic E-state index is -0.0321. The molecular formula is C10H22N2OS. The minimum absolute atomic E-state index is 0.0321. The first kappa shape index (κ1) is 12.3. The van der Waals surface area contributed by atoms with Crippen LogP contribution in [0.4, 0.5) is 0 Å². The lowest BCUT2D eigenvalue weighted by molar-refractivity contribution is 0.0410. The number of thioether (sulfide) groups is 1. The van der Waals surface area contributed by atoms with Crippen LogP contribution in [-0.2, 0) is 4.74 Å². The standard InChI is InChI=1S/C10H22N2OS/c1-10(2,11)9-14-8-5-12-3-6-13-7-4-12/h3-9,11H2,1-2H3. The van der Waals surface area contributed by atoms with Gasteiger partial charge in [0.1, 0.15) is 0 Å². The zero-order valence-electron chi connectivity index (χ0n) is 9.29. The maximum Gasteiger partial charge on any atom is 0.0594 e. The Morgan fingerprint density at radius 1 is 1.36 bits per heavy atom. The third kappa shape index (κ3) is 5.86. The second kappa shape index (κ2) is 5.95. The third-order valence-corrected chi connectivity index (χ3v) is 3.55. The fourth-order valence-corrected chi connectivity index (χ4v) is 2.41. The van der Waals surface area contributed by atoms with E-state index in [4.69, 9.17) is 10.5 Å². The molecule has 0 aromatic heterocycles. The molecule has 0 aromatic carbocycles. The summed E-state index contributed by atoms with van der Waals surface area (Å²) in [4.78, 5) is 2.46. The van der Waals surface area contributed by atoms with Crippen LogP contribution < -0.4 is 5.73 Å². The van der Waals surface area contributed by atoms with Crippen molar-refractivity contribution in [1.82, 2.24) is 4.90 Å². The van der Waals surface area contributed by atoms with Crippen LogP contribution in [0.5, 0.6) is 0 Å². The van der Waals surface area contributed by atoms with E-state index in [9.17, 15) is 0 Å². The van der Waals surface area contributed by atoms with Crippen molar-refractivity contribution in [2.45, 2.75) is 19.4 Å². The Balaban J connectivity index is 1.97. The van der Waals surface area contributed by atoms with Crippen molar-refractivity contribution in [3.05, 3.63) is 0 Å². The van der Waals surface area contributed by atoms with Crippen molar-refractivity contribution >= 4 is 11.8 Å². The van der Waals surface area contributed by atoms with E-state index in [0.717, 1.165) is 32.1 Å². The molecule has 1 fully saturated rings. The van der Waals surface area contributed by atoms with Gasteiger partial charge in [-0.05, 0) is 13.8 Å². The summed E-state index contributed by atoms with van der Waals surface area (Å²) >= 11 is 1.95. The summed E-state index contributed by atoms with van der Waals surface area (Å²) in [6.45, 7) is 9.30. The first-order chi connectivity index (χ1) is 6.58. The van der Waals surface area contributed by atoms with Gasteiger partial charge < -0.3 is 10.5 Å². The van der Waals surface area contributed by atoms with Crippen LogP contribution in [0.2, 0.25) is 0 Å². The van der Waals surface area contributed by atoms with E-state index < -0.39 is 0 Å². The van der Waals surface area contributed by atoms with Crippen LogP contribution in [-0.4, -0.2) is 54.8 Å². The van der Waals surface area contributed by atoms with Crippen molar-refractivity contribution in [2.75, 3.05) is 44.4 Å². The minimum Gasteiger partial charge on any atom is -0.379 e. The highest BCUT2D eigenvalue weighted by Gasteiger charge is 2.12. The fourth-order valence-electron chi connectivity index (χ4n) is 1.35. The highest BCUT2D eigenvalue weighted by Crippen LogP contribution is 2.10. The van der Waals surface area contributed by atoms with E-state index in [0.29, 0.717) is 0 Å². The van der Waals surface area contributed by atoms with Crippen LogP contribution in [0, 0.1) is 0 Å². The van der Waals surface area contributed by atoms with Crippen LogP contribution in [0.25, 0.3) is 0 Å². The molecule has 0 bridgehead atoms. The maximum atomic E-state index is 5.90. The molecule has 1 heterocycles. The largest absolute Gasteiger partial charge is 0.379 e. The zero-order chi connectivity index (χ0) is 10.4. The average Bonchev–Trinajstić information content (AvgIpc) is 2.13. The predicted molar refractivity (Wildman–Crippen MR) is 62.9 cm³/mol. The molecular weight excluding hydrogens is 196 g/mol. The normalized spacial score (nSPS) is 19.9. The number of nitrogens with zero attached hydrogens (tertiary/aromatic N) is 1. The molecule has 14 heavy (non-hydrogen) atoms. The van der Waals surface area contributed by atoms with E-state index >= 15 is 0 Å². The molecule has 4 heteroatoms. The van der Waals surface area contributed by atoms with Gasteiger partial charge in [-0.1, -0.05) is 0 Å². The molecule has 84 valence electrons. The van der Waals surface area contributed by atoms with Gasteiger partial charge in [0.2, 0.25) is 0 Å². The number of nitrogens with two attached hydrogens (primary N) is 1. The van der Waals surface area contributed by atoms with Crippen LogP contribution in [0.3, 0.4) is 0 Å². The van der Waals surface area contributed by atoms with Crippen LogP contribution in [0.1, 0.15) is 13.8 Å². The highest BCUT2D eigenvalue weighted by atomic mass is 32.2. The Hall–Kier alpha value is 0.230. The third-order valence-electron chi connectivity index (χ3n) is 2.13. The lowest BCUT2D eigenvalue weighted by Crippen LogP contribution is -2.38. The Morgan fingerprint density at radius 2 is 2.00 bits per heavy atom.